The molecular formula is C17H17FN2S. The summed E-state index contributed by atoms with van der Waals surface area (Å²) in [6.45, 7) is 0. The van der Waals surface area contributed by atoms with Gasteiger partial charge in [-0.15, -0.1) is 0 Å². The molecule has 0 saturated carbocycles. The minimum Gasteiger partial charge on any atom is -0.338 e. The summed E-state index contributed by atoms with van der Waals surface area (Å²) >= 11 is 1.86. The molecule has 0 bridgehead atoms. The van der Waals surface area contributed by atoms with Crippen LogP contribution in [0.4, 0.5) is 10.2 Å². The van der Waals surface area contributed by atoms with E-state index in [4.69, 9.17) is 0 Å². The standard InChI is InChI=1S/C17H17FN2S/c1-21-11-14-9-13-6-4-8-19(18)17(13)16-10-12-5-2-3-7-15(12)20(14)16/h2-8,14H,9-11H2,1H3. The lowest BCUT2D eigenvalue weighted by Crippen LogP contribution is -2.41. The highest BCUT2D eigenvalue weighted by molar-refractivity contribution is 7.98. The van der Waals surface area contributed by atoms with Gasteiger partial charge in [-0.3, -0.25) is 0 Å². The number of hydrogen-bond donors (Lipinski definition) is 0. The number of nitrogens with zero attached hydrogens (tertiary/aromatic N) is 2. The number of hydrogen-bond acceptors (Lipinski definition) is 3. The third-order valence-corrected chi connectivity index (χ3v) is 5.10. The van der Waals surface area contributed by atoms with Gasteiger partial charge in [0, 0.05) is 35.8 Å². The van der Waals surface area contributed by atoms with Crippen molar-refractivity contribution in [3.05, 3.63) is 65.1 Å². The molecule has 0 aliphatic carbocycles. The minimum absolute atomic E-state index is 0.411. The van der Waals surface area contributed by atoms with E-state index < -0.39 is 0 Å². The van der Waals surface area contributed by atoms with Crippen molar-refractivity contribution < 1.29 is 4.48 Å². The average Bonchev–Trinajstić information content (AvgIpc) is 2.87. The van der Waals surface area contributed by atoms with Gasteiger partial charge in [0.05, 0.1) is 5.70 Å². The van der Waals surface area contributed by atoms with E-state index in [1.54, 1.807) is 6.08 Å². The van der Waals surface area contributed by atoms with Crippen LogP contribution in [0, 0.1) is 0 Å². The van der Waals surface area contributed by atoms with E-state index in [1.165, 1.54) is 17.5 Å². The van der Waals surface area contributed by atoms with Crippen LogP contribution >= 0.6 is 11.8 Å². The van der Waals surface area contributed by atoms with Crippen molar-refractivity contribution in [1.29, 1.82) is 0 Å². The molecular weight excluding hydrogens is 283 g/mol. The number of fused-ring (bicyclic) bond motifs is 4. The zero-order valence-electron chi connectivity index (χ0n) is 11.9. The summed E-state index contributed by atoms with van der Waals surface area (Å²) in [5.41, 5.74) is 5.54. The van der Waals surface area contributed by atoms with Crippen molar-refractivity contribution in [2.75, 3.05) is 16.9 Å². The maximum Gasteiger partial charge on any atom is 0.0970 e. The minimum atomic E-state index is 0.411. The molecule has 4 heteroatoms. The highest BCUT2D eigenvalue weighted by atomic mass is 32.2. The smallest absolute Gasteiger partial charge is 0.0970 e. The Bertz CT molecular complexity index is 677. The Hall–Kier alpha value is -1.68. The van der Waals surface area contributed by atoms with Crippen LogP contribution in [0.2, 0.25) is 0 Å². The van der Waals surface area contributed by atoms with Gasteiger partial charge in [0.25, 0.3) is 0 Å². The maximum atomic E-state index is 14.3. The van der Waals surface area contributed by atoms with E-state index in [0.29, 0.717) is 6.04 Å². The number of allylic oxidation sites excluding steroid dienone is 4. The third kappa shape index (κ3) is 1.93. The summed E-state index contributed by atoms with van der Waals surface area (Å²) in [4.78, 5) is 2.37. The van der Waals surface area contributed by atoms with Gasteiger partial charge in [0.15, 0.2) is 0 Å². The van der Waals surface area contributed by atoms with Crippen LogP contribution in [-0.4, -0.2) is 23.2 Å². The van der Waals surface area contributed by atoms with Gasteiger partial charge in [-0.05, 0) is 36.0 Å². The second kappa shape index (κ2) is 4.95. The molecule has 1 atom stereocenters. The molecule has 108 valence electrons. The lowest BCUT2D eigenvalue weighted by molar-refractivity contribution is 0.135. The molecule has 3 aliphatic heterocycles. The first-order valence-corrected chi connectivity index (χ1v) is 8.61. The molecule has 1 unspecified atom stereocenters. The molecule has 0 spiro atoms. The van der Waals surface area contributed by atoms with Crippen LogP contribution in [0.1, 0.15) is 12.0 Å². The molecule has 3 aliphatic rings. The lowest BCUT2D eigenvalue weighted by Gasteiger charge is -2.39. The molecule has 0 radical (unpaired) electrons. The van der Waals surface area contributed by atoms with E-state index >= 15 is 0 Å². The van der Waals surface area contributed by atoms with Gasteiger partial charge >= 0.3 is 0 Å². The highest BCUT2D eigenvalue weighted by Gasteiger charge is 2.39. The van der Waals surface area contributed by atoms with Gasteiger partial charge in [-0.1, -0.05) is 28.8 Å². The van der Waals surface area contributed by atoms with Crippen molar-refractivity contribution >= 4 is 17.4 Å². The predicted molar refractivity (Wildman–Crippen MR) is 86.6 cm³/mol. The van der Waals surface area contributed by atoms with Crippen LogP contribution in [0.3, 0.4) is 0 Å². The Morgan fingerprint density at radius 2 is 2.19 bits per heavy atom. The van der Waals surface area contributed by atoms with Crippen LogP contribution in [-0.2, 0) is 6.42 Å². The molecule has 21 heavy (non-hydrogen) atoms. The van der Waals surface area contributed by atoms with Gasteiger partial charge in [0.2, 0.25) is 0 Å². The van der Waals surface area contributed by atoms with Gasteiger partial charge in [-0.2, -0.15) is 16.9 Å². The van der Waals surface area contributed by atoms with Crippen molar-refractivity contribution in [2.24, 2.45) is 0 Å². The fraction of sp³-hybridized carbons (Fsp3) is 0.294. The number of halogens is 1. The molecule has 1 aromatic carbocycles. The van der Waals surface area contributed by atoms with Crippen molar-refractivity contribution in [1.82, 2.24) is 5.12 Å². The summed E-state index contributed by atoms with van der Waals surface area (Å²) < 4.78 is 14.3. The molecule has 0 amide bonds. The van der Waals surface area contributed by atoms with E-state index in [9.17, 15) is 4.48 Å². The summed E-state index contributed by atoms with van der Waals surface area (Å²) in [7, 11) is 0. The van der Waals surface area contributed by atoms with Crippen molar-refractivity contribution in [2.45, 2.75) is 18.9 Å². The Morgan fingerprint density at radius 3 is 3.05 bits per heavy atom. The number of thioether (sulfide) groups is 1. The van der Waals surface area contributed by atoms with E-state index in [1.807, 2.05) is 11.8 Å². The SMILES string of the molecule is CSCC1CC2=CC=CN(F)C2=C2Cc3ccccc3N21. The largest absolute Gasteiger partial charge is 0.338 e. The number of rotatable bonds is 2. The molecule has 1 aromatic rings. The molecule has 2 nitrogen and oxygen atoms in total. The van der Waals surface area contributed by atoms with Gasteiger partial charge < -0.3 is 4.90 Å². The van der Waals surface area contributed by atoms with Crippen LogP contribution in [0.15, 0.2) is 59.6 Å². The highest BCUT2D eigenvalue weighted by Crippen LogP contribution is 2.46. The fourth-order valence-corrected chi connectivity index (χ4v) is 4.24. The Morgan fingerprint density at radius 1 is 1.33 bits per heavy atom. The average molecular weight is 300 g/mol. The van der Waals surface area contributed by atoms with Gasteiger partial charge in [-0.25, -0.2) is 0 Å². The topological polar surface area (TPSA) is 6.48 Å². The zero-order valence-corrected chi connectivity index (χ0v) is 12.7. The Balaban J connectivity index is 1.88. The lowest BCUT2D eigenvalue weighted by atomic mass is 9.94. The van der Waals surface area contributed by atoms with Crippen LogP contribution < -0.4 is 4.90 Å². The first kappa shape index (κ1) is 13.0. The first-order valence-electron chi connectivity index (χ1n) is 7.21. The third-order valence-electron chi connectivity index (χ3n) is 4.39. The summed E-state index contributed by atoms with van der Waals surface area (Å²) in [5, 5.41) is 0.791. The second-order valence-electron chi connectivity index (χ2n) is 5.63. The molecule has 0 aromatic heterocycles. The Kier molecular flexibility index (Phi) is 3.07. The normalized spacial score (nSPS) is 23.0. The zero-order chi connectivity index (χ0) is 14.4. The number of anilines is 1. The van der Waals surface area contributed by atoms with Crippen LogP contribution in [0.5, 0.6) is 0 Å². The molecule has 0 fully saturated rings. The fourth-order valence-electron chi connectivity index (χ4n) is 3.59. The Labute approximate surface area is 128 Å². The number of para-hydroxylation sites is 1. The van der Waals surface area contributed by atoms with Gasteiger partial charge in [0.1, 0.15) is 0 Å². The summed E-state index contributed by atoms with van der Waals surface area (Å²) in [6.07, 6.45) is 9.22. The van der Waals surface area contributed by atoms with Crippen molar-refractivity contribution in [3.8, 4) is 0 Å². The van der Waals surface area contributed by atoms with E-state index in [0.717, 1.165) is 40.7 Å². The molecule has 0 saturated heterocycles. The van der Waals surface area contributed by atoms with Crippen LogP contribution in [0.25, 0.3) is 0 Å². The summed E-state index contributed by atoms with van der Waals surface area (Å²) in [5.74, 6) is 1.05. The molecule has 3 heterocycles. The monoisotopic (exact) mass is 300 g/mol. The number of benzene rings is 1. The predicted octanol–water partition coefficient (Wildman–Crippen LogP) is 4.04. The quantitative estimate of drug-likeness (QED) is 0.761. The second-order valence-corrected chi connectivity index (χ2v) is 6.54. The van der Waals surface area contributed by atoms with E-state index in [-0.39, 0.29) is 0 Å². The molecule has 0 N–H and O–H groups in total. The first-order chi connectivity index (χ1) is 10.3. The molecule has 4 rings (SSSR count). The maximum absolute atomic E-state index is 14.3. The summed E-state index contributed by atoms with van der Waals surface area (Å²) in [6, 6.07) is 8.86. The van der Waals surface area contributed by atoms with Crippen molar-refractivity contribution in [3.63, 3.8) is 0 Å². The van der Waals surface area contributed by atoms with E-state index in [2.05, 4.69) is 41.5 Å².